The van der Waals surface area contributed by atoms with E-state index in [1.165, 1.54) is 0 Å². The summed E-state index contributed by atoms with van der Waals surface area (Å²) in [6, 6.07) is 7.07. The van der Waals surface area contributed by atoms with Crippen molar-refractivity contribution in [3.05, 3.63) is 44.4 Å². The molecule has 5 nitrogen and oxygen atoms in total. The quantitative estimate of drug-likeness (QED) is 0.783. The smallest absolute Gasteiger partial charge is 0.316 e. The molecule has 1 N–H and O–H groups in total. The lowest BCUT2D eigenvalue weighted by Gasteiger charge is -2.25. The molecule has 8 heteroatoms. The van der Waals surface area contributed by atoms with E-state index in [1.807, 2.05) is 0 Å². The molecule has 1 aliphatic rings. The summed E-state index contributed by atoms with van der Waals surface area (Å²) >= 11 is 13.2. The van der Waals surface area contributed by atoms with Gasteiger partial charge in [0.2, 0.25) is 5.91 Å². The fraction of sp³-hybridized carbons (Fsp3) is 0.312. The Bertz CT molecular complexity index is 743. The van der Waals surface area contributed by atoms with E-state index < -0.39 is 11.9 Å². The molecule has 0 aliphatic carbocycles. The summed E-state index contributed by atoms with van der Waals surface area (Å²) in [6.45, 7) is 1.99. The van der Waals surface area contributed by atoms with Crippen molar-refractivity contribution in [3.63, 3.8) is 0 Å². The van der Waals surface area contributed by atoms with Gasteiger partial charge in [-0.05, 0) is 24.6 Å². The maximum Gasteiger partial charge on any atom is 0.316 e. The van der Waals surface area contributed by atoms with Crippen molar-refractivity contribution in [2.75, 3.05) is 12.4 Å². The number of nitriles is 1. The third-order valence-electron chi connectivity index (χ3n) is 3.33. The van der Waals surface area contributed by atoms with Gasteiger partial charge in [-0.2, -0.15) is 5.26 Å². The van der Waals surface area contributed by atoms with E-state index >= 15 is 0 Å². The molecule has 0 radical (unpaired) electrons. The predicted octanol–water partition coefficient (Wildman–Crippen LogP) is 3.63. The standard InChI is InChI=1S/C16H14Cl2N2O3S/c1-2-23-15(22)8-24-16-12(7-19)11(6-14(21)20-16)10-4-3-9(17)5-13(10)18/h3-5,11H,2,6,8H2,1H3,(H,20,21)/t11-/m1/s1. The maximum absolute atomic E-state index is 12.0. The second kappa shape index (κ2) is 8.43. The summed E-state index contributed by atoms with van der Waals surface area (Å²) in [5.74, 6) is -1.11. The summed E-state index contributed by atoms with van der Waals surface area (Å²) in [7, 11) is 0. The first-order valence-electron chi connectivity index (χ1n) is 7.13. The zero-order valence-electron chi connectivity index (χ0n) is 12.8. The Morgan fingerprint density at radius 2 is 2.25 bits per heavy atom. The van der Waals surface area contributed by atoms with E-state index in [9.17, 15) is 14.9 Å². The van der Waals surface area contributed by atoms with Crippen molar-refractivity contribution in [3.8, 4) is 6.07 Å². The summed E-state index contributed by atoms with van der Waals surface area (Å²) in [5, 5.41) is 13.4. The van der Waals surface area contributed by atoms with Crippen LogP contribution in [0.1, 0.15) is 24.8 Å². The number of nitrogens with zero attached hydrogens (tertiary/aromatic N) is 1. The molecule has 0 saturated carbocycles. The minimum atomic E-state index is -0.474. The number of halogens is 2. The molecule has 1 aliphatic heterocycles. The van der Waals surface area contributed by atoms with Gasteiger partial charge in [0.05, 0.1) is 29.0 Å². The van der Waals surface area contributed by atoms with E-state index in [2.05, 4.69) is 11.4 Å². The van der Waals surface area contributed by atoms with Crippen LogP contribution in [-0.4, -0.2) is 24.2 Å². The number of amides is 1. The summed E-state index contributed by atoms with van der Waals surface area (Å²) in [4.78, 5) is 23.5. The molecule has 1 aromatic carbocycles. The molecule has 0 saturated heterocycles. The van der Waals surface area contributed by atoms with Gasteiger partial charge in [-0.1, -0.05) is 41.0 Å². The van der Waals surface area contributed by atoms with E-state index in [1.54, 1.807) is 25.1 Å². The molecule has 1 heterocycles. The van der Waals surface area contributed by atoms with Crippen LogP contribution in [-0.2, 0) is 14.3 Å². The number of carbonyl (C=O) groups is 2. The summed E-state index contributed by atoms with van der Waals surface area (Å²) < 4.78 is 4.86. The lowest BCUT2D eigenvalue weighted by molar-refractivity contribution is -0.139. The van der Waals surface area contributed by atoms with Gasteiger partial charge in [0.15, 0.2) is 0 Å². The number of benzene rings is 1. The Labute approximate surface area is 153 Å². The fourth-order valence-corrected chi connectivity index (χ4v) is 3.73. The average Bonchev–Trinajstić information content (AvgIpc) is 2.52. The molecule has 1 aromatic rings. The second-order valence-corrected chi connectivity index (χ2v) is 6.75. The number of esters is 1. The number of hydrogen-bond acceptors (Lipinski definition) is 5. The van der Waals surface area contributed by atoms with Crippen LogP contribution in [0.3, 0.4) is 0 Å². The van der Waals surface area contributed by atoms with Gasteiger partial charge in [-0.25, -0.2) is 0 Å². The van der Waals surface area contributed by atoms with Gasteiger partial charge in [-0.3, -0.25) is 9.59 Å². The molecule has 0 bridgehead atoms. The maximum atomic E-state index is 12.0. The highest BCUT2D eigenvalue weighted by Gasteiger charge is 2.31. The minimum Gasteiger partial charge on any atom is -0.465 e. The Morgan fingerprint density at radius 1 is 1.50 bits per heavy atom. The van der Waals surface area contributed by atoms with Gasteiger partial charge in [0, 0.05) is 22.4 Å². The Hall–Kier alpha value is -1.68. The van der Waals surface area contributed by atoms with Crippen LogP contribution in [0, 0.1) is 11.3 Å². The summed E-state index contributed by atoms with van der Waals surface area (Å²) in [5.41, 5.74) is 1.02. The van der Waals surface area contributed by atoms with E-state index in [0.29, 0.717) is 26.2 Å². The molecule has 0 fully saturated rings. The number of nitrogens with one attached hydrogen (secondary N) is 1. The number of rotatable bonds is 5. The van der Waals surface area contributed by atoms with Crippen LogP contribution in [0.5, 0.6) is 0 Å². The van der Waals surface area contributed by atoms with E-state index in [4.69, 9.17) is 27.9 Å². The van der Waals surface area contributed by atoms with Gasteiger partial charge in [0.1, 0.15) is 0 Å². The number of allylic oxidation sites excluding steroid dienone is 1. The number of ether oxygens (including phenoxy) is 1. The van der Waals surface area contributed by atoms with Crippen LogP contribution in [0.2, 0.25) is 10.0 Å². The van der Waals surface area contributed by atoms with E-state index in [0.717, 1.165) is 11.8 Å². The molecule has 0 spiro atoms. The Balaban J connectivity index is 2.33. The predicted molar refractivity (Wildman–Crippen MR) is 93.7 cm³/mol. The lowest BCUT2D eigenvalue weighted by atomic mass is 9.87. The van der Waals surface area contributed by atoms with Crippen molar-refractivity contribution < 1.29 is 14.3 Å². The third-order valence-corrected chi connectivity index (χ3v) is 4.89. The number of hydrogen-bond donors (Lipinski definition) is 1. The molecule has 0 unspecified atom stereocenters. The molecule has 1 amide bonds. The SMILES string of the molecule is CCOC(=O)CSC1=C(C#N)[C@@H](c2ccc(Cl)cc2Cl)CC(=O)N1. The van der Waals surface area contributed by atoms with Gasteiger partial charge in [0.25, 0.3) is 0 Å². The fourth-order valence-electron chi connectivity index (χ4n) is 2.32. The highest BCUT2D eigenvalue weighted by molar-refractivity contribution is 8.03. The largest absolute Gasteiger partial charge is 0.465 e. The molecule has 24 heavy (non-hydrogen) atoms. The number of thioether (sulfide) groups is 1. The van der Waals surface area contributed by atoms with Gasteiger partial charge in [-0.15, -0.1) is 0 Å². The minimum absolute atomic E-state index is 0.00963. The summed E-state index contributed by atoms with van der Waals surface area (Å²) in [6.07, 6.45) is 0.105. The van der Waals surface area contributed by atoms with Gasteiger partial charge < -0.3 is 10.1 Å². The van der Waals surface area contributed by atoms with Gasteiger partial charge >= 0.3 is 5.97 Å². The van der Waals surface area contributed by atoms with Crippen molar-refractivity contribution in [1.29, 1.82) is 5.26 Å². The molecule has 126 valence electrons. The zero-order valence-corrected chi connectivity index (χ0v) is 15.1. The lowest BCUT2D eigenvalue weighted by Crippen LogP contribution is -2.31. The van der Waals surface area contributed by atoms with Crippen LogP contribution in [0.15, 0.2) is 28.8 Å². The normalized spacial score (nSPS) is 17.2. The average molecular weight is 385 g/mol. The van der Waals surface area contributed by atoms with Crippen molar-refractivity contribution in [2.24, 2.45) is 0 Å². The highest BCUT2D eigenvalue weighted by atomic mass is 35.5. The molecule has 1 atom stereocenters. The van der Waals surface area contributed by atoms with Crippen LogP contribution < -0.4 is 5.32 Å². The molecule has 0 aromatic heterocycles. The van der Waals surface area contributed by atoms with Crippen LogP contribution in [0.4, 0.5) is 0 Å². The van der Waals surface area contributed by atoms with Crippen molar-refractivity contribution in [1.82, 2.24) is 5.32 Å². The van der Waals surface area contributed by atoms with Crippen molar-refractivity contribution >= 4 is 46.8 Å². The number of carbonyl (C=O) groups excluding carboxylic acids is 2. The third kappa shape index (κ3) is 4.44. The van der Waals surface area contributed by atoms with Crippen LogP contribution >= 0.6 is 35.0 Å². The molecular weight excluding hydrogens is 371 g/mol. The second-order valence-electron chi connectivity index (χ2n) is 4.92. The van der Waals surface area contributed by atoms with Crippen molar-refractivity contribution in [2.45, 2.75) is 19.3 Å². The monoisotopic (exact) mass is 384 g/mol. The van der Waals surface area contributed by atoms with E-state index in [-0.39, 0.29) is 24.7 Å². The Morgan fingerprint density at radius 3 is 2.88 bits per heavy atom. The highest BCUT2D eigenvalue weighted by Crippen LogP contribution is 2.39. The first-order chi connectivity index (χ1) is 11.5. The zero-order chi connectivity index (χ0) is 17.7. The van der Waals surface area contributed by atoms with Crippen LogP contribution in [0.25, 0.3) is 0 Å². The first kappa shape index (κ1) is 18.7. The Kier molecular flexibility index (Phi) is 6.55. The first-order valence-corrected chi connectivity index (χ1v) is 8.87. The molecule has 2 rings (SSSR count). The topological polar surface area (TPSA) is 79.2 Å². The molecular formula is C16H14Cl2N2O3S.